The van der Waals surface area contributed by atoms with E-state index < -0.39 is 10.4 Å². The molecule has 0 aromatic carbocycles. The molecule has 0 heterocycles. The summed E-state index contributed by atoms with van der Waals surface area (Å²) in [6.07, 6.45) is 8.26. The summed E-state index contributed by atoms with van der Waals surface area (Å²) in [5.74, 6) is 0. The van der Waals surface area contributed by atoms with Crippen LogP contribution in [0.1, 0.15) is 59.3 Å². The molecule has 1 N–H and O–H groups in total. The molecule has 0 amide bonds. The van der Waals surface area contributed by atoms with E-state index in [-0.39, 0.29) is 29.6 Å². The van der Waals surface area contributed by atoms with Gasteiger partial charge >= 0.3 is 29.6 Å². The van der Waals surface area contributed by atoms with Crippen molar-refractivity contribution in [1.82, 2.24) is 0 Å². The minimum Gasteiger partial charge on any atom is -0.759 e. The molecule has 0 saturated heterocycles. The van der Waals surface area contributed by atoms with Crippen molar-refractivity contribution in [3.63, 3.8) is 0 Å². The van der Waals surface area contributed by atoms with Gasteiger partial charge in [-0.05, 0) is 19.3 Å². The molecular formula is C12H28NNaO4S. The van der Waals surface area contributed by atoms with Crippen LogP contribution in [0, 0.1) is 0 Å². The van der Waals surface area contributed by atoms with Crippen molar-refractivity contribution in [2.75, 3.05) is 19.6 Å². The van der Waals surface area contributed by atoms with Crippen molar-refractivity contribution in [3.05, 3.63) is 0 Å². The number of hydrogen-bond donors (Lipinski definition) is 1. The number of quaternary nitrogens is 1. The third-order valence-electron chi connectivity index (χ3n) is 2.65. The Bertz CT molecular complexity index is 233. The molecule has 0 bridgehead atoms. The summed E-state index contributed by atoms with van der Waals surface area (Å²) in [6.45, 7) is 11.1. The summed E-state index contributed by atoms with van der Waals surface area (Å²) in [6, 6.07) is 0. The van der Waals surface area contributed by atoms with Gasteiger partial charge in [-0.3, -0.25) is 8.42 Å². The Morgan fingerprint density at radius 2 is 1.00 bits per heavy atom. The Hall–Kier alpha value is 0.830. The molecule has 0 unspecified atom stereocenters. The molecular weight excluding hydrogens is 277 g/mol. The topological polar surface area (TPSA) is 84.7 Å². The first-order valence-corrected chi connectivity index (χ1v) is 8.18. The molecule has 0 aliphatic carbocycles. The number of unbranched alkanes of at least 4 members (excludes halogenated alkanes) is 3. The van der Waals surface area contributed by atoms with Crippen LogP contribution in [0.4, 0.5) is 0 Å². The fourth-order valence-electron chi connectivity index (χ4n) is 1.66. The van der Waals surface area contributed by atoms with Gasteiger partial charge in [0.1, 0.15) is 0 Å². The molecule has 5 nitrogen and oxygen atoms in total. The zero-order chi connectivity index (χ0) is 14.4. The Balaban J connectivity index is -0.000000366. The second-order valence-corrected chi connectivity index (χ2v) is 5.29. The summed E-state index contributed by atoms with van der Waals surface area (Å²) in [5, 5.41) is 0. The summed E-state index contributed by atoms with van der Waals surface area (Å²) in [5.41, 5.74) is 0. The van der Waals surface area contributed by atoms with Gasteiger partial charge in [0.15, 0.2) is 0 Å². The van der Waals surface area contributed by atoms with Gasteiger partial charge in [-0.1, -0.05) is 40.0 Å². The SMILES string of the molecule is CCCC[NH+](CCCC)CCCC.O=S(=O)([O-])[O-].[Na+]. The standard InChI is InChI=1S/C12H27N.Na.H2O4S/c1-4-7-10-13(11-8-5-2)12-9-6-3;;1-5(2,3)4/h4-12H2,1-3H3;;(H2,1,2,3,4)/q;+1;/p-1. The van der Waals surface area contributed by atoms with Crippen LogP contribution in [0.25, 0.3) is 0 Å². The van der Waals surface area contributed by atoms with E-state index in [2.05, 4.69) is 20.8 Å². The summed E-state index contributed by atoms with van der Waals surface area (Å²) >= 11 is 0. The van der Waals surface area contributed by atoms with E-state index in [1.165, 1.54) is 58.2 Å². The molecule has 0 aromatic heterocycles. The minimum atomic E-state index is -5.17. The molecule has 0 rings (SSSR count). The van der Waals surface area contributed by atoms with E-state index in [4.69, 9.17) is 17.5 Å². The van der Waals surface area contributed by atoms with Crippen molar-refractivity contribution in [2.24, 2.45) is 0 Å². The Morgan fingerprint density at radius 3 is 1.16 bits per heavy atom. The van der Waals surface area contributed by atoms with E-state index >= 15 is 0 Å². The first kappa shape index (κ1) is 24.8. The molecule has 0 saturated carbocycles. The fourth-order valence-corrected chi connectivity index (χ4v) is 1.66. The molecule has 7 heteroatoms. The molecule has 0 atom stereocenters. The van der Waals surface area contributed by atoms with Crippen LogP contribution in [-0.2, 0) is 10.4 Å². The third kappa shape index (κ3) is 32.4. The molecule has 0 aliphatic heterocycles. The smallest absolute Gasteiger partial charge is 0.759 e. The minimum absolute atomic E-state index is 0. The second kappa shape index (κ2) is 16.9. The van der Waals surface area contributed by atoms with E-state index in [1.54, 1.807) is 0 Å². The Morgan fingerprint density at radius 1 is 0.789 bits per heavy atom. The molecule has 0 spiro atoms. The zero-order valence-electron chi connectivity index (χ0n) is 12.9. The van der Waals surface area contributed by atoms with Gasteiger partial charge in [-0.2, -0.15) is 0 Å². The van der Waals surface area contributed by atoms with Gasteiger partial charge in [0.25, 0.3) is 0 Å². The zero-order valence-corrected chi connectivity index (χ0v) is 15.7. The van der Waals surface area contributed by atoms with Crippen LogP contribution < -0.4 is 34.5 Å². The summed E-state index contributed by atoms with van der Waals surface area (Å²) in [4.78, 5) is 1.84. The number of nitrogens with one attached hydrogen (secondary N) is 1. The summed E-state index contributed by atoms with van der Waals surface area (Å²) in [7, 11) is -5.17. The maximum Gasteiger partial charge on any atom is 1.00 e. The second-order valence-electron chi connectivity index (χ2n) is 4.47. The fraction of sp³-hybridized carbons (Fsp3) is 1.00. The third-order valence-corrected chi connectivity index (χ3v) is 2.65. The van der Waals surface area contributed by atoms with Gasteiger partial charge in [-0.15, -0.1) is 0 Å². The van der Waals surface area contributed by atoms with E-state index in [0.29, 0.717) is 0 Å². The maximum atomic E-state index is 8.52. The van der Waals surface area contributed by atoms with Crippen LogP contribution in [0.5, 0.6) is 0 Å². The quantitative estimate of drug-likeness (QED) is 0.301. The van der Waals surface area contributed by atoms with Crippen LogP contribution in [0.15, 0.2) is 0 Å². The molecule has 0 radical (unpaired) electrons. The van der Waals surface area contributed by atoms with Gasteiger partial charge < -0.3 is 14.0 Å². The van der Waals surface area contributed by atoms with Crippen LogP contribution in [-0.4, -0.2) is 37.2 Å². The average molecular weight is 305 g/mol. The average Bonchev–Trinajstić information content (AvgIpc) is 2.26. The van der Waals surface area contributed by atoms with Gasteiger partial charge in [0.05, 0.1) is 19.6 Å². The van der Waals surface area contributed by atoms with Gasteiger partial charge in [-0.25, -0.2) is 0 Å². The van der Waals surface area contributed by atoms with Crippen LogP contribution in [0.3, 0.4) is 0 Å². The molecule has 19 heavy (non-hydrogen) atoms. The van der Waals surface area contributed by atoms with Crippen molar-refractivity contribution >= 4 is 10.4 Å². The first-order valence-electron chi connectivity index (χ1n) is 6.85. The van der Waals surface area contributed by atoms with Crippen LogP contribution >= 0.6 is 0 Å². The number of hydrogen-bond acceptors (Lipinski definition) is 4. The Labute approximate surface area is 141 Å². The Kier molecular flexibility index (Phi) is 22.1. The van der Waals surface area contributed by atoms with Gasteiger partial charge in [0, 0.05) is 10.4 Å². The summed E-state index contributed by atoms with van der Waals surface area (Å²) < 4.78 is 34.1. The molecule has 112 valence electrons. The molecule has 0 fully saturated rings. The predicted octanol–water partition coefficient (Wildman–Crippen LogP) is -2.06. The van der Waals surface area contributed by atoms with E-state index in [0.717, 1.165) is 0 Å². The molecule has 0 aliphatic rings. The predicted molar refractivity (Wildman–Crippen MR) is 70.8 cm³/mol. The van der Waals surface area contributed by atoms with Crippen molar-refractivity contribution in [2.45, 2.75) is 59.3 Å². The van der Waals surface area contributed by atoms with Crippen LogP contribution in [0.2, 0.25) is 0 Å². The van der Waals surface area contributed by atoms with Crippen molar-refractivity contribution in [3.8, 4) is 0 Å². The van der Waals surface area contributed by atoms with Crippen molar-refractivity contribution < 1.29 is 52.0 Å². The number of rotatable bonds is 9. The monoisotopic (exact) mass is 305 g/mol. The first-order chi connectivity index (χ1) is 8.35. The van der Waals surface area contributed by atoms with E-state index in [9.17, 15) is 0 Å². The largest absolute Gasteiger partial charge is 1.00 e. The van der Waals surface area contributed by atoms with Crippen molar-refractivity contribution in [1.29, 1.82) is 0 Å². The maximum absolute atomic E-state index is 8.52. The van der Waals surface area contributed by atoms with Gasteiger partial charge in [0.2, 0.25) is 0 Å². The van der Waals surface area contributed by atoms with E-state index in [1.807, 2.05) is 4.90 Å². The molecule has 0 aromatic rings. The normalized spacial score (nSPS) is 10.6.